The van der Waals surface area contributed by atoms with Crippen molar-refractivity contribution < 1.29 is 4.79 Å². The van der Waals surface area contributed by atoms with E-state index >= 15 is 0 Å². The number of dihydropyridines is 1. The Bertz CT molecular complexity index is 511. The van der Waals surface area contributed by atoms with Gasteiger partial charge in [0.1, 0.15) is 0 Å². The summed E-state index contributed by atoms with van der Waals surface area (Å²) in [6, 6.07) is 2.36. The molecule has 0 fully saturated rings. The molecule has 0 saturated carbocycles. The molecule has 0 unspecified atom stereocenters. The van der Waals surface area contributed by atoms with Crippen molar-refractivity contribution in [2.24, 2.45) is 11.8 Å². The second kappa shape index (κ2) is 6.49. The van der Waals surface area contributed by atoms with Gasteiger partial charge in [-0.1, -0.05) is 20.8 Å². The first-order valence-corrected chi connectivity index (χ1v) is 8.37. The molecule has 4 heteroatoms. The van der Waals surface area contributed by atoms with Crippen LogP contribution < -0.4 is 5.32 Å². The predicted octanol–water partition coefficient (Wildman–Crippen LogP) is 3.75. The van der Waals surface area contributed by atoms with Gasteiger partial charge in [-0.3, -0.25) is 4.79 Å². The maximum Gasteiger partial charge on any atom is 0.161 e. The van der Waals surface area contributed by atoms with Crippen LogP contribution in [0, 0.1) is 23.2 Å². The SMILES string of the molecule is CCSC1=C(C#N)[C@H](CC(C)C)C2=C(CCCC2=O)N1. The van der Waals surface area contributed by atoms with E-state index in [1.165, 1.54) is 0 Å². The average Bonchev–Trinajstić information content (AvgIpc) is 2.38. The number of nitrogens with one attached hydrogen (secondary N) is 1. The van der Waals surface area contributed by atoms with Crippen LogP contribution in [0.25, 0.3) is 0 Å². The van der Waals surface area contributed by atoms with E-state index in [1.54, 1.807) is 11.8 Å². The lowest BCUT2D eigenvalue weighted by Gasteiger charge is -2.33. The van der Waals surface area contributed by atoms with Crippen LogP contribution in [-0.2, 0) is 4.79 Å². The van der Waals surface area contributed by atoms with Gasteiger partial charge in [-0.05, 0) is 30.9 Å². The van der Waals surface area contributed by atoms with Gasteiger partial charge in [0.2, 0.25) is 0 Å². The Morgan fingerprint density at radius 1 is 1.45 bits per heavy atom. The van der Waals surface area contributed by atoms with Crippen LogP contribution in [0.5, 0.6) is 0 Å². The van der Waals surface area contributed by atoms with Gasteiger partial charge in [0, 0.05) is 23.6 Å². The van der Waals surface area contributed by atoms with Gasteiger partial charge in [-0.15, -0.1) is 11.8 Å². The van der Waals surface area contributed by atoms with Crippen LogP contribution in [0.1, 0.15) is 46.5 Å². The highest BCUT2D eigenvalue weighted by Gasteiger charge is 2.35. The second-order valence-corrected chi connectivity index (χ2v) is 7.04. The number of thioether (sulfide) groups is 1. The number of nitrogens with zero attached hydrogens (tertiary/aromatic N) is 1. The number of ketones is 1. The summed E-state index contributed by atoms with van der Waals surface area (Å²) in [4.78, 5) is 12.3. The normalized spacial score (nSPS) is 22.8. The van der Waals surface area contributed by atoms with E-state index in [2.05, 4.69) is 32.2 Å². The molecule has 1 heterocycles. The molecule has 1 atom stereocenters. The van der Waals surface area contributed by atoms with Gasteiger partial charge in [-0.25, -0.2) is 0 Å². The van der Waals surface area contributed by atoms with Crippen LogP contribution in [0.15, 0.2) is 21.9 Å². The molecule has 0 radical (unpaired) electrons. The topological polar surface area (TPSA) is 52.9 Å². The summed E-state index contributed by atoms with van der Waals surface area (Å²) in [7, 11) is 0. The summed E-state index contributed by atoms with van der Waals surface area (Å²) in [5.41, 5.74) is 2.73. The lowest BCUT2D eigenvalue weighted by molar-refractivity contribution is -0.116. The molecule has 2 aliphatic rings. The average molecular weight is 290 g/mol. The number of rotatable bonds is 4. The zero-order valence-electron chi connectivity index (χ0n) is 12.5. The minimum Gasteiger partial charge on any atom is -0.352 e. The smallest absolute Gasteiger partial charge is 0.161 e. The van der Waals surface area contributed by atoms with Crippen molar-refractivity contribution in [2.45, 2.75) is 46.5 Å². The molecule has 0 spiro atoms. The Balaban J connectivity index is 2.44. The maximum atomic E-state index is 12.3. The molecule has 0 saturated heterocycles. The van der Waals surface area contributed by atoms with Gasteiger partial charge in [0.15, 0.2) is 5.78 Å². The molecule has 0 aromatic carbocycles. The lowest BCUT2D eigenvalue weighted by atomic mass is 9.77. The standard InChI is InChI=1S/C16H22N2OS/c1-4-20-16-12(9-17)11(8-10(2)3)15-13(18-16)6-5-7-14(15)19/h10-11,18H,4-8H2,1-3H3/t11-/m0/s1. The van der Waals surface area contributed by atoms with Crippen LogP contribution >= 0.6 is 11.8 Å². The molecule has 3 nitrogen and oxygen atoms in total. The fraction of sp³-hybridized carbons (Fsp3) is 0.625. The molecule has 2 rings (SSSR count). The summed E-state index contributed by atoms with van der Waals surface area (Å²) in [6.07, 6.45) is 3.36. The molecular weight excluding hydrogens is 268 g/mol. The Hall–Kier alpha value is -1.21. The lowest BCUT2D eigenvalue weighted by Crippen LogP contribution is -2.32. The van der Waals surface area contributed by atoms with Gasteiger partial charge < -0.3 is 5.32 Å². The Labute approximate surface area is 125 Å². The molecule has 1 aliphatic heterocycles. The highest BCUT2D eigenvalue weighted by Crippen LogP contribution is 2.41. The van der Waals surface area contributed by atoms with E-state index in [0.717, 1.165) is 46.9 Å². The number of carbonyl (C=O) groups is 1. The van der Waals surface area contributed by atoms with E-state index in [0.29, 0.717) is 12.3 Å². The molecule has 0 aromatic heterocycles. The minimum absolute atomic E-state index is 0.00176. The Morgan fingerprint density at radius 3 is 2.80 bits per heavy atom. The van der Waals surface area contributed by atoms with Crippen molar-refractivity contribution in [1.82, 2.24) is 5.32 Å². The zero-order valence-corrected chi connectivity index (χ0v) is 13.3. The summed E-state index contributed by atoms with van der Waals surface area (Å²) in [6.45, 7) is 6.39. The summed E-state index contributed by atoms with van der Waals surface area (Å²) < 4.78 is 0. The van der Waals surface area contributed by atoms with Crippen molar-refractivity contribution in [1.29, 1.82) is 5.26 Å². The van der Waals surface area contributed by atoms with Gasteiger partial charge in [0.05, 0.1) is 16.7 Å². The molecule has 1 aliphatic carbocycles. The largest absolute Gasteiger partial charge is 0.352 e. The Kier molecular flexibility index (Phi) is 4.93. The summed E-state index contributed by atoms with van der Waals surface area (Å²) in [5, 5.41) is 13.9. The Morgan fingerprint density at radius 2 is 2.20 bits per heavy atom. The highest BCUT2D eigenvalue weighted by molar-refractivity contribution is 8.03. The second-order valence-electron chi connectivity index (χ2n) is 5.76. The fourth-order valence-corrected chi connectivity index (χ4v) is 3.83. The minimum atomic E-state index is -0.00176. The van der Waals surface area contributed by atoms with Crippen LogP contribution in [-0.4, -0.2) is 11.5 Å². The van der Waals surface area contributed by atoms with E-state index in [9.17, 15) is 10.1 Å². The number of Topliss-reactive ketones (excluding diaryl/α,β-unsaturated/α-hetero) is 1. The fourth-order valence-electron chi connectivity index (χ4n) is 3.00. The number of hydrogen-bond acceptors (Lipinski definition) is 4. The van der Waals surface area contributed by atoms with E-state index < -0.39 is 0 Å². The third-order valence-electron chi connectivity index (χ3n) is 3.78. The quantitative estimate of drug-likeness (QED) is 0.856. The number of allylic oxidation sites excluding steroid dienone is 3. The van der Waals surface area contributed by atoms with E-state index in [4.69, 9.17) is 0 Å². The molecule has 0 amide bonds. The maximum absolute atomic E-state index is 12.3. The summed E-state index contributed by atoms with van der Waals surface area (Å²) in [5.74, 6) is 1.63. The first kappa shape index (κ1) is 15.2. The number of nitriles is 1. The van der Waals surface area contributed by atoms with Gasteiger partial charge >= 0.3 is 0 Å². The van der Waals surface area contributed by atoms with E-state index in [-0.39, 0.29) is 11.7 Å². The molecule has 1 N–H and O–H groups in total. The van der Waals surface area contributed by atoms with Crippen LogP contribution in [0.4, 0.5) is 0 Å². The van der Waals surface area contributed by atoms with Crippen molar-refractivity contribution in [2.75, 3.05) is 5.75 Å². The molecule has 0 bridgehead atoms. The third-order valence-corrected chi connectivity index (χ3v) is 4.68. The molecular formula is C16H22N2OS. The van der Waals surface area contributed by atoms with Gasteiger partial charge in [-0.2, -0.15) is 5.26 Å². The number of hydrogen-bond donors (Lipinski definition) is 1. The summed E-state index contributed by atoms with van der Waals surface area (Å²) >= 11 is 1.67. The van der Waals surface area contributed by atoms with Crippen molar-refractivity contribution >= 4 is 17.5 Å². The molecule has 0 aromatic rings. The highest BCUT2D eigenvalue weighted by atomic mass is 32.2. The van der Waals surface area contributed by atoms with Crippen molar-refractivity contribution in [3.63, 3.8) is 0 Å². The van der Waals surface area contributed by atoms with Crippen LogP contribution in [0.2, 0.25) is 0 Å². The predicted molar refractivity (Wildman–Crippen MR) is 82.7 cm³/mol. The molecule has 108 valence electrons. The number of carbonyl (C=O) groups excluding carboxylic acids is 1. The van der Waals surface area contributed by atoms with Crippen molar-refractivity contribution in [3.05, 3.63) is 21.9 Å². The van der Waals surface area contributed by atoms with Crippen LogP contribution in [0.3, 0.4) is 0 Å². The third kappa shape index (κ3) is 2.93. The van der Waals surface area contributed by atoms with Gasteiger partial charge in [0.25, 0.3) is 0 Å². The zero-order chi connectivity index (χ0) is 14.7. The van der Waals surface area contributed by atoms with E-state index in [1.807, 2.05) is 0 Å². The first-order chi connectivity index (χ1) is 9.58. The van der Waals surface area contributed by atoms with Crippen molar-refractivity contribution in [3.8, 4) is 6.07 Å². The monoisotopic (exact) mass is 290 g/mol. The molecule has 20 heavy (non-hydrogen) atoms. The first-order valence-electron chi connectivity index (χ1n) is 7.38.